The lowest BCUT2D eigenvalue weighted by molar-refractivity contribution is 0.166. The number of methoxy groups -OCH3 is 2. The van der Waals surface area contributed by atoms with Gasteiger partial charge in [-0.15, -0.1) is 0 Å². The van der Waals surface area contributed by atoms with Gasteiger partial charge in [-0.25, -0.2) is 4.39 Å². The first-order valence-electron chi connectivity index (χ1n) is 5.76. The van der Waals surface area contributed by atoms with E-state index < -0.39 is 5.67 Å². The minimum Gasteiger partial charge on any atom is -0.497 e. The van der Waals surface area contributed by atoms with Gasteiger partial charge in [-0.2, -0.15) is 0 Å². The van der Waals surface area contributed by atoms with Crippen molar-refractivity contribution in [2.45, 2.75) is 31.0 Å². The van der Waals surface area contributed by atoms with E-state index in [9.17, 15) is 4.39 Å². The summed E-state index contributed by atoms with van der Waals surface area (Å²) in [7, 11) is 3.11. The topological polar surface area (TPSA) is 44.5 Å². The third-order valence-electron chi connectivity index (χ3n) is 3.39. The largest absolute Gasteiger partial charge is 0.497 e. The number of halogens is 1. The van der Waals surface area contributed by atoms with Gasteiger partial charge in [0.1, 0.15) is 17.2 Å². The van der Waals surface area contributed by atoms with E-state index in [1.165, 1.54) is 0 Å². The molecule has 0 heterocycles. The Morgan fingerprint density at radius 2 is 2.12 bits per heavy atom. The summed E-state index contributed by atoms with van der Waals surface area (Å²) in [6, 6.07) is 5.13. The van der Waals surface area contributed by atoms with Crippen LogP contribution in [0.15, 0.2) is 18.2 Å². The predicted octanol–water partition coefficient (Wildman–Crippen LogP) is 2.38. The summed E-state index contributed by atoms with van der Waals surface area (Å²) in [5, 5.41) is 0. The molecule has 1 aromatic rings. The minimum atomic E-state index is -1.39. The molecule has 0 radical (unpaired) electrons. The molecule has 4 heteroatoms. The molecule has 1 aliphatic rings. The van der Waals surface area contributed by atoms with Crippen molar-refractivity contribution in [3.63, 3.8) is 0 Å². The molecular formula is C13H18FNO2. The summed E-state index contributed by atoms with van der Waals surface area (Å²) in [6.07, 6.45) is 1.49. The lowest BCUT2D eigenvalue weighted by Gasteiger charge is -2.23. The Kier molecular flexibility index (Phi) is 3.24. The molecule has 0 spiro atoms. The lowest BCUT2D eigenvalue weighted by atomic mass is 9.92. The number of alkyl halides is 1. The van der Waals surface area contributed by atoms with Crippen LogP contribution in [0.3, 0.4) is 0 Å². The molecular weight excluding hydrogens is 221 g/mol. The molecule has 0 saturated heterocycles. The molecule has 0 bridgehead atoms. The van der Waals surface area contributed by atoms with Crippen molar-refractivity contribution < 1.29 is 13.9 Å². The van der Waals surface area contributed by atoms with Gasteiger partial charge in [0.25, 0.3) is 0 Å². The van der Waals surface area contributed by atoms with Crippen LogP contribution in [0, 0.1) is 0 Å². The van der Waals surface area contributed by atoms with Crippen LogP contribution in [0.4, 0.5) is 4.39 Å². The van der Waals surface area contributed by atoms with Crippen LogP contribution in [-0.2, 0) is 5.67 Å². The standard InChI is InChI=1S/C13H18FNO2/c1-16-10-3-4-12(17-2)11(7-10)13(14)6-5-9(15)8-13/h3-4,7,9H,5-6,8,15H2,1-2H3. The molecule has 1 saturated carbocycles. The maximum Gasteiger partial charge on any atom is 0.141 e. The summed E-state index contributed by atoms with van der Waals surface area (Å²) in [4.78, 5) is 0. The molecule has 1 fully saturated rings. The van der Waals surface area contributed by atoms with Crippen LogP contribution in [0.5, 0.6) is 11.5 Å². The predicted molar refractivity (Wildman–Crippen MR) is 64.2 cm³/mol. The fourth-order valence-corrected chi connectivity index (χ4v) is 2.44. The molecule has 2 unspecified atom stereocenters. The average Bonchev–Trinajstić information content (AvgIpc) is 2.69. The summed E-state index contributed by atoms with van der Waals surface area (Å²) < 4.78 is 25.2. The van der Waals surface area contributed by atoms with Crippen LogP contribution in [0.25, 0.3) is 0 Å². The van der Waals surface area contributed by atoms with Gasteiger partial charge in [-0.1, -0.05) is 0 Å². The average molecular weight is 239 g/mol. The van der Waals surface area contributed by atoms with Crippen molar-refractivity contribution in [1.82, 2.24) is 0 Å². The van der Waals surface area contributed by atoms with E-state index >= 15 is 0 Å². The van der Waals surface area contributed by atoms with Crippen molar-refractivity contribution in [1.29, 1.82) is 0 Å². The van der Waals surface area contributed by atoms with Crippen molar-refractivity contribution in [2.75, 3.05) is 14.2 Å². The Labute approximate surface area is 101 Å². The van der Waals surface area contributed by atoms with Crippen molar-refractivity contribution in [3.8, 4) is 11.5 Å². The van der Waals surface area contributed by atoms with Gasteiger partial charge in [0.05, 0.1) is 14.2 Å². The quantitative estimate of drug-likeness (QED) is 0.880. The Bertz CT molecular complexity index is 410. The SMILES string of the molecule is COc1ccc(OC)c(C2(F)CCC(N)C2)c1. The molecule has 2 rings (SSSR count). The summed E-state index contributed by atoms with van der Waals surface area (Å²) in [5.74, 6) is 1.20. The molecule has 0 aliphatic heterocycles. The van der Waals surface area contributed by atoms with E-state index in [0.717, 1.165) is 0 Å². The summed E-state index contributed by atoms with van der Waals surface area (Å²) in [6.45, 7) is 0. The highest BCUT2D eigenvalue weighted by Crippen LogP contribution is 2.46. The van der Waals surface area contributed by atoms with Crippen LogP contribution in [0.1, 0.15) is 24.8 Å². The smallest absolute Gasteiger partial charge is 0.141 e. The van der Waals surface area contributed by atoms with E-state index in [4.69, 9.17) is 15.2 Å². The lowest BCUT2D eigenvalue weighted by Crippen LogP contribution is -2.22. The maximum atomic E-state index is 14.8. The molecule has 0 amide bonds. The van der Waals surface area contributed by atoms with Crippen molar-refractivity contribution in [3.05, 3.63) is 23.8 Å². The first kappa shape index (κ1) is 12.2. The van der Waals surface area contributed by atoms with E-state index in [-0.39, 0.29) is 6.04 Å². The highest BCUT2D eigenvalue weighted by Gasteiger charge is 2.41. The first-order chi connectivity index (χ1) is 8.09. The second-order valence-electron chi connectivity index (χ2n) is 4.53. The van der Waals surface area contributed by atoms with Crippen molar-refractivity contribution in [2.24, 2.45) is 5.73 Å². The fraction of sp³-hybridized carbons (Fsp3) is 0.538. The third kappa shape index (κ3) is 2.22. The van der Waals surface area contributed by atoms with Crippen LogP contribution in [-0.4, -0.2) is 20.3 Å². The minimum absolute atomic E-state index is 0.0732. The highest BCUT2D eigenvalue weighted by atomic mass is 19.1. The monoisotopic (exact) mass is 239 g/mol. The van der Waals surface area contributed by atoms with Gasteiger partial charge in [0.15, 0.2) is 0 Å². The molecule has 17 heavy (non-hydrogen) atoms. The van der Waals surface area contributed by atoms with E-state index in [1.807, 2.05) is 0 Å². The van der Waals surface area contributed by atoms with Crippen LogP contribution in [0.2, 0.25) is 0 Å². The van der Waals surface area contributed by atoms with Crippen LogP contribution < -0.4 is 15.2 Å². The van der Waals surface area contributed by atoms with Crippen molar-refractivity contribution >= 4 is 0 Å². The molecule has 2 N–H and O–H groups in total. The Morgan fingerprint density at radius 3 is 2.65 bits per heavy atom. The number of nitrogens with two attached hydrogens (primary N) is 1. The van der Waals surface area contributed by atoms with Crippen LogP contribution >= 0.6 is 0 Å². The highest BCUT2D eigenvalue weighted by molar-refractivity contribution is 5.44. The number of rotatable bonds is 3. The van der Waals surface area contributed by atoms with E-state index in [0.29, 0.717) is 36.3 Å². The Hall–Kier alpha value is -1.29. The molecule has 0 aromatic heterocycles. The number of hydrogen-bond acceptors (Lipinski definition) is 3. The first-order valence-corrected chi connectivity index (χ1v) is 5.76. The molecule has 3 nitrogen and oxygen atoms in total. The Morgan fingerprint density at radius 1 is 1.35 bits per heavy atom. The van der Waals surface area contributed by atoms with E-state index in [1.54, 1.807) is 32.4 Å². The number of ether oxygens (including phenoxy) is 2. The summed E-state index contributed by atoms with van der Waals surface area (Å²) in [5.41, 5.74) is 4.96. The van der Waals surface area contributed by atoms with Gasteiger partial charge in [-0.05, 0) is 31.0 Å². The number of hydrogen-bond donors (Lipinski definition) is 1. The zero-order chi connectivity index (χ0) is 12.5. The van der Waals surface area contributed by atoms with Gasteiger partial charge in [-0.3, -0.25) is 0 Å². The Balaban J connectivity index is 2.41. The molecule has 94 valence electrons. The second-order valence-corrected chi connectivity index (χ2v) is 4.53. The number of benzene rings is 1. The van der Waals surface area contributed by atoms with Gasteiger partial charge >= 0.3 is 0 Å². The normalized spacial score (nSPS) is 28.1. The van der Waals surface area contributed by atoms with Gasteiger partial charge in [0, 0.05) is 18.0 Å². The second kappa shape index (κ2) is 4.53. The zero-order valence-electron chi connectivity index (χ0n) is 10.2. The van der Waals surface area contributed by atoms with E-state index in [2.05, 4.69) is 0 Å². The third-order valence-corrected chi connectivity index (χ3v) is 3.39. The van der Waals surface area contributed by atoms with Gasteiger partial charge < -0.3 is 15.2 Å². The maximum absolute atomic E-state index is 14.8. The summed E-state index contributed by atoms with van der Waals surface area (Å²) >= 11 is 0. The zero-order valence-corrected chi connectivity index (χ0v) is 10.2. The molecule has 1 aliphatic carbocycles. The van der Waals surface area contributed by atoms with Gasteiger partial charge in [0.2, 0.25) is 0 Å². The molecule has 2 atom stereocenters. The molecule has 1 aromatic carbocycles. The fourth-order valence-electron chi connectivity index (χ4n) is 2.44.